The van der Waals surface area contributed by atoms with E-state index < -0.39 is 14.9 Å². The number of ether oxygens (including phenoxy) is 1. The van der Waals surface area contributed by atoms with E-state index in [0.717, 1.165) is 16.2 Å². The number of aryl methyl sites for hydroxylation is 1. The Balaban J connectivity index is 1.95. The maximum Gasteiger partial charge on any atom is 0.271 e. The van der Waals surface area contributed by atoms with E-state index in [0.29, 0.717) is 23.6 Å². The van der Waals surface area contributed by atoms with Crippen LogP contribution in [-0.2, 0) is 23.2 Å². The lowest BCUT2D eigenvalue weighted by molar-refractivity contribution is -0.384. The van der Waals surface area contributed by atoms with Crippen LogP contribution in [0.1, 0.15) is 19.2 Å². The summed E-state index contributed by atoms with van der Waals surface area (Å²) in [6, 6.07) is 8.81. The number of halogens is 1. The molecule has 3 rings (SSSR count). The molecule has 0 N–H and O–H groups in total. The van der Waals surface area contributed by atoms with Gasteiger partial charge in [0, 0.05) is 32.8 Å². The summed E-state index contributed by atoms with van der Waals surface area (Å²) in [6.07, 6.45) is 0.842. The lowest BCUT2D eigenvalue weighted by Gasteiger charge is -2.12. The first kappa shape index (κ1) is 22.0. The lowest BCUT2D eigenvalue weighted by Crippen LogP contribution is -2.22. The quantitative estimate of drug-likeness (QED) is 0.379. The Morgan fingerprint density at radius 1 is 1.23 bits per heavy atom. The summed E-state index contributed by atoms with van der Waals surface area (Å²) in [5.41, 5.74) is 1.21. The van der Waals surface area contributed by atoms with Gasteiger partial charge >= 0.3 is 0 Å². The van der Waals surface area contributed by atoms with Crippen LogP contribution in [0, 0.1) is 10.1 Å². The Morgan fingerprint density at radius 2 is 1.97 bits per heavy atom. The van der Waals surface area contributed by atoms with Crippen molar-refractivity contribution in [3.63, 3.8) is 0 Å². The normalized spacial score (nSPS) is 11.9. The van der Waals surface area contributed by atoms with Gasteiger partial charge in [-0.25, -0.2) is 17.7 Å². The Kier molecular flexibility index (Phi) is 6.30. The summed E-state index contributed by atoms with van der Waals surface area (Å²) in [6.45, 7) is 2.76. The highest BCUT2D eigenvalue weighted by Crippen LogP contribution is 2.30. The number of sulfonamides is 1. The van der Waals surface area contributed by atoms with Crippen molar-refractivity contribution in [3.8, 4) is 5.75 Å². The molecule has 2 aromatic carbocycles. The largest absolute Gasteiger partial charge is 0.484 e. The minimum absolute atomic E-state index is 0.0714. The second-order valence-corrected chi connectivity index (χ2v) is 9.34. The van der Waals surface area contributed by atoms with Gasteiger partial charge < -0.3 is 9.30 Å². The summed E-state index contributed by atoms with van der Waals surface area (Å²) >= 11 is 6.09. The van der Waals surface area contributed by atoms with E-state index in [4.69, 9.17) is 16.3 Å². The number of non-ortho nitro benzene ring substituents is 1. The lowest BCUT2D eigenvalue weighted by atomic mass is 10.3. The maximum absolute atomic E-state index is 12.4. The van der Waals surface area contributed by atoms with Crippen molar-refractivity contribution >= 4 is 38.3 Å². The van der Waals surface area contributed by atoms with E-state index in [-0.39, 0.29) is 22.2 Å². The maximum atomic E-state index is 12.4. The predicted octanol–water partition coefficient (Wildman–Crippen LogP) is 3.84. The number of nitro groups is 1. The molecule has 30 heavy (non-hydrogen) atoms. The molecule has 0 fully saturated rings. The first-order valence-electron chi connectivity index (χ1n) is 9.13. The highest BCUT2D eigenvalue weighted by Gasteiger charge is 2.20. The fourth-order valence-corrected chi connectivity index (χ4v) is 4.13. The van der Waals surface area contributed by atoms with Crippen LogP contribution in [0.25, 0.3) is 11.0 Å². The van der Waals surface area contributed by atoms with Gasteiger partial charge in [0.2, 0.25) is 10.0 Å². The van der Waals surface area contributed by atoms with Gasteiger partial charge in [-0.2, -0.15) is 0 Å². The van der Waals surface area contributed by atoms with Crippen molar-refractivity contribution in [2.75, 3.05) is 14.1 Å². The fraction of sp³-hybridized carbons (Fsp3) is 0.316. The number of hydrogen-bond acceptors (Lipinski definition) is 6. The SMILES string of the molecule is CCCn1c(COc2ccc([N+](=O)[O-])cc2Cl)nc2cc(S(=O)(=O)N(C)C)ccc21. The molecule has 0 amide bonds. The molecule has 160 valence electrons. The van der Waals surface area contributed by atoms with E-state index in [2.05, 4.69) is 4.98 Å². The van der Waals surface area contributed by atoms with Gasteiger partial charge in [0.05, 0.1) is 25.9 Å². The number of rotatable bonds is 8. The summed E-state index contributed by atoms with van der Waals surface area (Å²) in [5.74, 6) is 0.897. The van der Waals surface area contributed by atoms with E-state index in [1.54, 1.807) is 18.2 Å². The Labute approximate surface area is 179 Å². The molecule has 9 nitrogen and oxygen atoms in total. The fourth-order valence-electron chi connectivity index (χ4n) is 2.98. The number of nitrogens with zero attached hydrogens (tertiary/aromatic N) is 4. The van der Waals surface area contributed by atoms with Gasteiger partial charge in [0.15, 0.2) is 0 Å². The highest BCUT2D eigenvalue weighted by atomic mass is 35.5. The zero-order chi connectivity index (χ0) is 22.1. The van der Waals surface area contributed by atoms with E-state index in [1.807, 2.05) is 11.5 Å². The van der Waals surface area contributed by atoms with Crippen LogP contribution in [0.2, 0.25) is 5.02 Å². The molecule has 0 spiro atoms. The number of benzene rings is 2. The molecule has 0 saturated carbocycles. The molecule has 0 unspecified atom stereocenters. The molecule has 11 heteroatoms. The monoisotopic (exact) mass is 452 g/mol. The van der Waals surface area contributed by atoms with Crippen LogP contribution in [0.4, 0.5) is 5.69 Å². The molecular formula is C19H21ClN4O5S. The third-order valence-electron chi connectivity index (χ3n) is 4.51. The zero-order valence-electron chi connectivity index (χ0n) is 16.7. The van der Waals surface area contributed by atoms with E-state index in [1.165, 1.54) is 32.3 Å². The minimum atomic E-state index is -3.58. The molecule has 0 aliphatic rings. The molecule has 3 aromatic rings. The summed E-state index contributed by atoms with van der Waals surface area (Å²) < 4.78 is 33.7. The van der Waals surface area contributed by atoms with Gasteiger partial charge in [0.1, 0.15) is 18.2 Å². The van der Waals surface area contributed by atoms with Crippen LogP contribution >= 0.6 is 11.6 Å². The van der Waals surface area contributed by atoms with Gasteiger partial charge in [-0.1, -0.05) is 18.5 Å². The van der Waals surface area contributed by atoms with Gasteiger partial charge in [-0.05, 0) is 30.7 Å². The molecule has 0 atom stereocenters. The molecule has 0 aliphatic carbocycles. The van der Waals surface area contributed by atoms with E-state index in [9.17, 15) is 18.5 Å². The van der Waals surface area contributed by atoms with Crippen LogP contribution in [0.5, 0.6) is 5.75 Å². The third-order valence-corrected chi connectivity index (χ3v) is 6.61. The number of hydrogen-bond donors (Lipinski definition) is 0. The van der Waals surface area contributed by atoms with Crippen molar-refractivity contribution in [3.05, 3.63) is 57.4 Å². The zero-order valence-corrected chi connectivity index (χ0v) is 18.3. The van der Waals surface area contributed by atoms with Gasteiger partial charge in [0.25, 0.3) is 5.69 Å². The molecule has 1 heterocycles. The number of aromatic nitrogens is 2. The van der Waals surface area contributed by atoms with E-state index >= 15 is 0 Å². The smallest absolute Gasteiger partial charge is 0.271 e. The van der Waals surface area contributed by atoms with Crippen molar-refractivity contribution < 1.29 is 18.1 Å². The number of fused-ring (bicyclic) bond motifs is 1. The Hall–Kier alpha value is -2.69. The predicted molar refractivity (Wildman–Crippen MR) is 113 cm³/mol. The summed E-state index contributed by atoms with van der Waals surface area (Å²) in [5, 5.41) is 11.0. The number of imidazole rings is 1. The Morgan fingerprint density at radius 3 is 2.57 bits per heavy atom. The topological polar surface area (TPSA) is 108 Å². The van der Waals surface area contributed by atoms with Gasteiger partial charge in [-0.15, -0.1) is 0 Å². The highest BCUT2D eigenvalue weighted by molar-refractivity contribution is 7.89. The molecule has 0 saturated heterocycles. The van der Waals surface area contributed by atoms with Crippen molar-refractivity contribution in [2.45, 2.75) is 31.4 Å². The molecule has 0 aliphatic heterocycles. The average molecular weight is 453 g/mol. The molecule has 1 aromatic heterocycles. The van der Waals surface area contributed by atoms with Crippen LogP contribution in [0.15, 0.2) is 41.3 Å². The van der Waals surface area contributed by atoms with Crippen molar-refractivity contribution in [1.29, 1.82) is 0 Å². The van der Waals surface area contributed by atoms with Crippen molar-refractivity contribution in [2.24, 2.45) is 0 Å². The van der Waals surface area contributed by atoms with Gasteiger partial charge in [-0.3, -0.25) is 10.1 Å². The van der Waals surface area contributed by atoms with Crippen LogP contribution in [0.3, 0.4) is 0 Å². The standard InChI is InChI=1S/C19H21ClN4O5S/c1-4-9-23-17-7-6-14(30(27,28)22(2)3)11-16(17)21-19(23)12-29-18-8-5-13(24(25)26)10-15(18)20/h5-8,10-11H,4,9,12H2,1-3H3. The molecule has 0 radical (unpaired) electrons. The molecular weight excluding hydrogens is 432 g/mol. The van der Waals surface area contributed by atoms with Crippen LogP contribution < -0.4 is 4.74 Å². The first-order chi connectivity index (χ1) is 14.1. The molecule has 0 bridgehead atoms. The number of nitro benzene ring substituents is 1. The second-order valence-electron chi connectivity index (χ2n) is 6.78. The average Bonchev–Trinajstić information content (AvgIpc) is 3.03. The first-order valence-corrected chi connectivity index (χ1v) is 11.0. The Bertz CT molecular complexity index is 1210. The minimum Gasteiger partial charge on any atom is -0.484 e. The van der Waals surface area contributed by atoms with Crippen molar-refractivity contribution in [1.82, 2.24) is 13.9 Å². The summed E-state index contributed by atoms with van der Waals surface area (Å²) in [7, 11) is -0.627. The third kappa shape index (κ3) is 4.25. The van der Waals surface area contributed by atoms with Crippen LogP contribution in [-0.4, -0.2) is 41.3 Å². The second kappa shape index (κ2) is 8.58. The summed E-state index contributed by atoms with van der Waals surface area (Å²) in [4.78, 5) is 15.0.